The summed E-state index contributed by atoms with van der Waals surface area (Å²) in [6.07, 6.45) is 5.25. The summed E-state index contributed by atoms with van der Waals surface area (Å²) >= 11 is 0. The third-order valence-electron chi connectivity index (χ3n) is 3.73. The van der Waals surface area contributed by atoms with Gasteiger partial charge in [-0.2, -0.15) is 0 Å². The zero-order chi connectivity index (χ0) is 9.54. The van der Waals surface area contributed by atoms with Gasteiger partial charge in [0.25, 0.3) is 5.56 Å². The molecule has 1 saturated carbocycles. The molecule has 0 radical (unpaired) electrons. The van der Waals surface area contributed by atoms with Crippen LogP contribution in [0.15, 0.2) is 23.0 Å². The minimum absolute atomic E-state index is 0.194. The van der Waals surface area contributed by atoms with E-state index >= 15 is 0 Å². The summed E-state index contributed by atoms with van der Waals surface area (Å²) in [6, 6.07) is 5.72. The molecule has 2 atom stereocenters. The van der Waals surface area contributed by atoms with Crippen LogP contribution in [0.2, 0.25) is 0 Å². The minimum atomic E-state index is 0.194. The topological polar surface area (TPSA) is 22.0 Å². The molecule has 2 bridgehead atoms. The molecule has 2 nitrogen and oxygen atoms in total. The highest BCUT2D eigenvalue weighted by molar-refractivity contribution is 5.15. The molecule has 2 heterocycles. The summed E-state index contributed by atoms with van der Waals surface area (Å²) < 4.78 is 2.00. The van der Waals surface area contributed by atoms with E-state index in [1.165, 1.54) is 31.4 Å². The van der Waals surface area contributed by atoms with Crippen molar-refractivity contribution in [2.75, 3.05) is 0 Å². The average Bonchev–Trinajstić information content (AvgIpc) is 2.20. The zero-order valence-corrected chi connectivity index (χ0v) is 8.28. The molecule has 1 aliphatic carbocycles. The number of nitrogens with zero attached hydrogens (tertiary/aromatic N) is 1. The molecule has 0 N–H and O–H groups in total. The predicted octanol–water partition coefficient (Wildman–Crippen LogP) is 2.14. The Morgan fingerprint density at radius 2 is 2.21 bits per heavy atom. The van der Waals surface area contributed by atoms with E-state index in [9.17, 15) is 4.79 Å². The van der Waals surface area contributed by atoms with Crippen molar-refractivity contribution in [2.24, 2.45) is 5.92 Å². The molecule has 0 aromatic carbocycles. The van der Waals surface area contributed by atoms with Crippen molar-refractivity contribution < 1.29 is 0 Å². The Bertz CT molecular complexity index is 407. The fourth-order valence-corrected chi connectivity index (χ4v) is 3.07. The summed E-state index contributed by atoms with van der Waals surface area (Å²) in [5.74, 6) is 1.43. The first-order valence-electron chi connectivity index (χ1n) is 5.54. The number of hydrogen-bond acceptors (Lipinski definition) is 1. The molecule has 14 heavy (non-hydrogen) atoms. The third-order valence-corrected chi connectivity index (χ3v) is 3.73. The lowest BCUT2D eigenvalue weighted by atomic mass is 9.77. The molecular formula is C12H15NO. The molecule has 0 saturated heterocycles. The van der Waals surface area contributed by atoms with Crippen LogP contribution in [0.1, 0.15) is 37.3 Å². The van der Waals surface area contributed by atoms with E-state index in [1.54, 1.807) is 6.07 Å². The van der Waals surface area contributed by atoms with Crippen LogP contribution in [0.4, 0.5) is 0 Å². The molecule has 2 heteroatoms. The van der Waals surface area contributed by atoms with E-state index in [0.29, 0.717) is 5.92 Å². The first-order chi connectivity index (χ1) is 6.84. The van der Waals surface area contributed by atoms with Crippen molar-refractivity contribution in [3.63, 3.8) is 0 Å². The lowest BCUT2D eigenvalue weighted by Gasteiger charge is -2.36. The van der Waals surface area contributed by atoms with Crippen molar-refractivity contribution in [1.29, 1.82) is 0 Å². The van der Waals surface area contributed by atoms with Crippen LogP contribution < -0.4 is 5.56 Å². The maximum absolute atomic E-state index is 11.7. The van der Waals surface area contributed by atoms with Crippen LogP contribution in [0, 0.1) is 5.92 Å². The van der Waals surface area contributed by atoms with Gasteiger partial charge >= 0.3 is 0 Å². The maximum atomic E-state index is 11.7. The van der Waals surface area contributed by atoms with Gasteiger partial charge in [-0.15, -0.1) is 0 Å². The Balaban J connectivity index is 2.15. The van der Waals surface area contributed by atoms with Crippen molar-refractivity contribution in [3.8, 4) is 0 Å². The highest BCUT2D eigenvalue weighted by Crippen LogP contribution is 2.39. The molecule has 1 unspecified atom stereocenters. The number of fused-ring (bicyclic) bond motifs is 4. The Morgan fingerprint density at radius 3 is 3.14 bits per heavy atom. The van der Waals surface area contributed by atoms with Crippen molar-refractivity contribution in [3.05, 3.63) is 34.2 Å². The summed E-state index contributed by atoms with van der Waals surface area (Å²) in [6.45, 7) is 0.964. The molecule has 1 fully saturated rings. The number of aromatic nitrogens is 1. The monoisotopic (exact) mass is 189 g/mol. The minimum Gasteiger partial charge on any atom is -0.312 e. The molecular weight excluding hydrogens is 174 g/mol. The Kier molecular flexibility index (Phi) is 1.76. The highest BCUT2D eigenvalue weighted by Gasteiger charge is 2.30. The van der Waals surface area contributed by atoms with Crippen LogP contribution in [0.5, 0.6) is 0 Å². The van der Waals surface area contributed by atoms with Gasteiger partial charge in [-0.3, -0.25) is 4.79 Å². The van der Waals surface area contributed by atoms with E-state index in [-0.39, 0.29) is 5.56 Å². The number of hydrogen-bond donors (Lipinski definition) is 0. The first kappa shape index (κ1) is 8.27. The van der Waals surface area contributed by atoms with Gasteiger partial charge in [-0.05, 0) is 37.2 Å². The highest BCUT2D eigenvalue weighted by atomic mass is 16.1. The van der Waals surface area contributed by atoms with Gasteiger partial charge in [-0.25, -0.2) is 0 Å². The Morgan fingerprint density at radius 1 is 1.29 bits per heavy atom. The van der Waals surface area contributed by atoms with E-state index < -0.39 is 0 Å². The van der Waals surface area contributed by atoms with Crippen LogP contribution in [0.3, 0.4) is 0 Å². The lowest BCUT2D eigenvalue weighted by molar-refractivity contribution is 0.240. The molecule has 3 rings (SSSR count). The van der Waals surface area contributed by atoms with Crippen molar-refractivity contribution >= 4 is 0 Å². The second-order valence-corrected chi connectivity index (χ2v) is 4.63. The van der Waals surface area contributed by atoms with Crippen LogP contribution in [0.25, 0.3) is 0 Å². The summed E-state index contributed by atoms with van der Waals surface area (Å²) in [7, 11) is 0. The molecule has 1 aromatic heterocycles. The maximum Gasteiger partial charge on any atom is 0.250 e. The van der Waals surface area contributed by atoms with Crippen molar-refractivity contribution in [1.82, 2.24) is 4.57 Å². The van der Waals surface area contributed by atoms with Crippen LogP contribution in [-0.2, 0) is 6.54 Å². The largest absolute Gasteiger partial charge is 0.312 e. The van der Waals surface area contributed by atoms with E-state index in [1.807, 2.05) is 10.6 Å². The Labute approximate surface area is 83.6 Å². The summed E-state index contributed by atoms with van der Waals surface area (Å²) in [5, 5.41) is 0. The molecule has 74 valence electrons. The number of rotatable bonds is 0. The fraction of sp³-hybridized carbons (Fsp3) is 0.583. The van der Waals surface area contributed by atoms with Gasteiger partial charge in [0, 0.05) is 18.3 Å². The lowest BCUT2D eigenvalue weighted by Crippen LogP contribution is -2.34. The summed E-state index contributed by atoms with van der Waals surface area (Å²) in [4.78, 5) is 11.7. The van der Waals surface area contributed by atoms with E-state index in [2.05, 4.69) is 6.07 Å². The quantitative estimate of drug-likeness (QED) is 0.613. The fourth-order valence-electron chi connectivity index (χ4n) is 3.07. The second kappa shape index (κ2) is 2.97. The van der Waals surface area contributed by atoms with Gasteiger partial charge in [0.2, 0.25) is 0 Å². The SMILES string of the molecule is O=c1cccc2n1CC1CCC[C@@H]2C1. The third kappa shape index (κ3) is 1.13. The standard InChI is InChI=1S/C12H15NO/c14-12-6-2-5-11-10-4-1-3-9(7-10)8-13(11)12/h2,5-6,9-10H,1,3-4,7-8H2/t9?,10-/m1/s1. The van der Waals surface area contributed by atoms with Gasteiger partial charge in [-0.1, -0.05) is 12.5 Å². The molecule has 2 aliphatic rings. The van der Waals surface area contributed by atoms with E-state index in [4.69, 9.17) is 0 Å². The van der Waals surface area contributed by atoms with Gasteiger partial charge in [0.15, 0.2) is 0 Å². The average molecular weight is 189 g/mol. The normalized spacial score (nSPS) is 29.7. The van der Waals surface area contributed by atoms with Gasteiger partial charge in [0.05, 0.1) is 0 Å². The molecule has 1 aromatic rings. The molecule has 1 aliphatic heterocycles. The summed E-state index contributed by atoms with van der Waals surface area (Å²) in [5.41, 5.74) is 1.48. The number of pyridine rings is 1. The van der Waals surface area contributed by atoms with Crippen LogP contribution >= 0.6 is 0 Å². The zero-order valence-electron chi connectivity index (χ0n) is 8.28. The van der Waals surface area contributed by atoms with Crippen LogP contribution in [-0.4, -0.2) is 4.57 Å². The van der Waals surface area contributed by atoms with E-state index in [0.717, 1.165) is 12.5 Å². The van der Waals surface area contributed by atoms with Gasteiger partial charge in [0.1, 0.15) is 0 Å². The van der Waals surface area contributed by atoms with Crippen molar-refractivity contribution in [2.45, 2.75) is 38.1 Å². The first-order valence-corrected chi connectivity index (χ1v) is 5.54. The predicted molar refractivity (Wildman–Crippen MR) is 55.4 cm³/mol. The second-order valence-electron chi connectivity index (χ2n) is 4.63. The molecule has 0 spiro atoms. The molecule has 0 amide bonds. The Hall–Kier alpha value is -1.05. The smallest absolute Gasteiger partial charge is 0.250 e. The van der Waals surface area contributed by atoms with Gasteiger partial charge < -0.3 is 4.57 Å².